The lowest BCUT2D eigenvalue weighted by Gasteiger charge is -2.15. The first-order valence-electron chi connectivity index (χ1n) is 7.67. The Kier molecular flexibility index (Phi) is 7.23. The molecule has 2 N–H and O–H groups in total. The second kappa shape index (κ2) is 8.67. The molecule has 0 bridgehead atoms. The van der Waals surface area contributed by atoms with Gasteiger partial charge in [0.25, 0.3) is 5.91 Å². The first kappa shape index (κ1) is 17.5. The minimum absolute atomic E-state index is 0.0628. The minimum atomic E-state index is -0.0857. The zero-order chi connectivity index (χ0) is 15.8. The van der Waals surface area contributed by atoms with Crippen molar-refractivity contribution in [3.8, 4) is 5.75 Å². The molecule has 0 fully saturated rings. The second-order valence-corrected chi connectivity index (χ2v) is 5.75. The molecule has 0 aliphatic rings. The molecule has 1 rings (SSSR count). The van der Waals surface area contributed by atoms with Crippen LogP contribution in [0.2, 0.25) is 0 Å². The van der Waals surface area contributed by atoms with Crippen LogP contribution in [0.3, 0.4) is 0 Å². The molecule has 1 amide bonds. The summed E-state index contributed by atoms with van der Waals surface area (Å²) in [6.07, 6.45) is 1.13. The summed E-state index contributed by atoms with van der Waals surface area (Å²) in [5, 5.41) is 6.22. The standard InChI is InChI=1S/C17H28N2O2/c1-6-7-18-10-15-8-13(4)17(14(5)9-15)21-11-16(20)19-12(2)3/h8-9,12,18H,6-7,10-11H2,1-5H3,(H,19,20). The van der Waals surface area contributed by atoms with Crippen LogP contribution in [-0.4, -0.2) is 25.1 Å². The number of carbonyl (C=O) groups excluding carboxylic acids is 1. The molecular weight excluding hydrogens is 264 g/mol. The Morgan fingerprint density at radius 1 is 1.24 bits per heavy atom. The Labute approximate surface area is 128 Å². The molecule has 0 spiro atoms. The monoisotopic (exact) mass is 292 g/mol. The van der Waals surface area contributed by atoms with Crippen LogP contribution in [0.15, 0.2) is 12.1 Å². The quantitative estimate of drug-likeness (QED) is 0.724. The van der Waals surface area contributed by atoms with E-state index >= 15 is 0 Å². The van der Waals surface area contributed by atoms with E-state index in [1.807, 2.05) is 27.7 Å². The van der Waals surface area contributed by atoms with Crippen molar-refractivity contribution in [1.29, 1.82) is 0 Å². The molecule has 0 saturated carbocycles. The van der Waals surface area contributed by atoms with E-state index < -0.39 is 0 Å². The molecule has 0 aliphatic heterocycles. The zero-order valence-corrected chi connectivity index (χ0v) is 13.9. The number of hydrogen-bond donors (Lipinski definition) is 2. The number of rotatable bonds is 8. The van der Waals surface area contributed by atoms with E-state index in [4.69, 9.17) is 4.74 Å². The third kappa shape index (κ3) is 6.17. The topological polar surface area (TPSA) is 50.4 Å². The maximum atomic E-state index is 11.6. The molecule has 0 radical (unpaired) electrons. The Balaban J connectivity index is 2.65. The number of aryl methyl sites for hydroxylation is 2. The van der Waals surface area contributed by atoms with Gasteiger partial charge in [0, 0.05) is 12.6 Å². The van der Waals surface area contributed by atoms with Gasteiger partial charge in [-0.15, -0.1) is 0 Å². The number of benzene rings is 1. The molecule has 118 valence electrons. The van der Waals surface area contributed by atoms with Crippen LogP contribution in [0.1, 0.15) is 43.9 Å². The normalized spacial score (nSPS) is 10.8. The van der Waals surface area contributed by atoms with Crippen LogP contribution in [0.25, 0.3) is 0 Å². The summed E-state index contributed by atoms with van der Waals surface area (Å²) < 4.78 is 5.68. The van der Waals surface area contributed by atoms with E-state index in [9.17, 15) is 4.79 Å². The summed E-state index contributed by atoms with van der Waals surface area (Å²) >= 11 is 0. The molecule has 4 heteroatoms. The Hall–Kier alpha value is -1.55. The van der Waals surface area contributed by atoms with Crippen molar-refractivity contribution < 1.29 is 9.53 Å². The average Bonchev–Trinajstić information content (AvgIpc) is 2.37. The minimum Gasteiger partial charge on any atom is -0.483 e. The van der Waals surface area contributed by atoms with Gasteiger partial charge >= 0.3 is 0 Å². The van der Waals surface area contributed by atoms with E-state index in [0.29, 0.717) is 0 Å². The predicted octanol–water partition coefficient (Wildman–Crippen LogP) is 2.71. The van der Waals surface area contributed by atoms with E-state index in [2.05, 4.69) is 29.7 Å². The Morgan fingerprint density at radius 3 is 2.38 bits per heavy atom. The van der Waals surface area contributed by atoms with Gasteiger partial charge in [-0.05, 0) is 57.4 Å². The highest BCUT2D eigenvalue weighted by Gasteiger charge is 2.09. The summed E-state index contributed by atoms with van der Waals surface area (Å²) in [7, 11) is 0. The highest BCUT2D eigenvalue weighted by molar-refractivity contribution is 5.77. The number of hydrogen-bond acceptors (Lipinski definition) is 3. The fourth-order valence-corrected chi connectivity index (χ4v) is 2.28. The van der Waals surface area contributed by atoms with E-state index in [0.717, 1.165) is 36.4 Å². The fourth-order valence-electron chi connectivity index (χ4n) is 2.28. The molecule has 21 heavy (non-hydrogen) atoms. The van der Waals surface area contributed by atoms with Crippen LogP contribution in [-0.2, 0) is 11.3 Å². The fraction of sp³-hybridized carbons (Fsp3) is 0.588. The maximum absolute atomic E-state index is 11.6. The van der Waals surface area contributed by atoms with Crippen LogP contribution in [0, 0.1) is 13.8 Å². The Bertz CT molecular complexity index is 447. The number of nitrogens with one attached hydrogen (secondary N) is 2. The zero-order valence-electron chi connectivity index (χ0n) is 13.9. The van der Waals surface area contributed by atoms with Gasteiger partial charge in [-0.3, -0.25) is 4.79 Å². The predicted molar refractivity (Wildman–Crippen MR) is 86.7 cm³/mol. The molecular formula is C17H28N2O2. The van der Waals surface area contributed by atoms with Gasteiger partial charge in [0.1, 0.15) is 5.75 Å². The lowest BCUT2D eigenvalue weighted by Crippen LogP contribution is -2.34. The lowest BCUT2D eigenvalue weighted by molar-refractivity contribution is -0.123. The molecule has 0 unspecified atom stereocenters. The van der Waals surface area contributed by atoms with E-state index in [1.165, 1.54) is 5.56 Å². The molecule has 0 heterocycles. The smallest absolute Gasteiger partial charge is 0.258 e. The second-order valence-electron chi connectivity index (χ2n) is 5.75. The third-order valence-electron chi connectivity index (χ3n) is 3.07. The van der Waals surface area contributed by atoms with Gasteiger partial charge in [-0.25, -0.2) is 0 Å². The van der Waals surface area contributed by atoms with Crippen LogP contribution < -0.4 is 15.4 Å². The molecule has 0 aromatic heterocycles. The van der Waals surface area contributed by atoms with Crippen molar-refractivity contribution in [2.75, 3.05) is 13.2 Å². The van der Waals surface area contributed by atoms with Crippen molar-refractivity contribution in [2.24, 2.45) is 0 Å². The third-order valence-corrected chi connectivity index (χ3v) is 3.07. The SMILES string of the molecule is CCCNCc1cc(C)c(OCC(=O)NC(C)C)c(C)c1. The summed E-state index contributed by atoms with van der Waals surface area (Å²) in [6.45, 7) is 12.0. The number of carbonyl (C=O) groups is 1. The van der Waals surface area contributed by atoms with Gasteiger partial charge in [-0.2, -0.15) is 0 Å². The van der Waals surface area contributed by atoms with Crippen molar-refractivity contribution in [3.05, 3.63) is 28.8 Å². The van der Waals surface area contributed by atoms with Gasteiger partial charge in [-0.1, -0.05) is 19.1 Å². The van der Waals surface area contributed by atoms with Crippen LogP contribution >= 0.6 is 0 Å². The van der Waals surface area contributed by atoms with E-state index in [-0.39, 0.29) is 18.6 Å². The molecule has 4 nitrogen and oxygen atoms in total. The number of amides is 1. The first-order chi connectivity index (χ1) is 9.93. The van der Waals surface area contributed by atoms with Crippen molar-refractivity contribution in [1.82, 2.24) is 10.6 Å². The molecule has 0 aliphatic carbocycles. The van der Waals surface area contributed by atoms with Crippen molar-refractivity contribution in [3.63, 3.8) is 0 Å². The molecule has 1 aromatic carbocycles. The summed E-state index contributed by atoms with van der Waals surface area (Å²) in [4.78, 5) is 11.6. The van der Waals surface area contributed by atoms with Gasteiger partial charge in [0.2, 0.25) is 0 Å². The Morgan fingerprint density at radius 2 is 1.86 bits per heavy atom. The first-order valence-corrected chi connectivity index (χ1v) is 7.67. The largest absolute Gasteiger partial charge is 0.483 e. The summed E-state index contributed by atoms with van der Waals surface area (Å²) in [5.74, 6) is 0.727. The van der Waals surface area contributed by atoms with Crippen LogP contribution in [0.4, 0.5) is 0 Å². The van der Waals surface area contributed by atoms with E-state index in [1.54, 1.807) is 0 Å². The van der Waals surface area contributed by atoms with Crippen LogP contribution in [0.5, 0.6) is 5.75 Å². The summed E-state index contributed by atoms with van der Waals surface area (Å²) in [6, 6.07) is 4.37. The highest BCUT2D eigenvalue weighted by Crippen LogP contribution is 2.24. The maximum Gasteiger partial charge on any atom is 0.258 e. The molecule has 0 atom stereocenters. The van der Waals surface area contributed by atoms with Gasteiger partial charge in [0.05, 0.1) is 0 Å². The van der Waals surface area contributed by atoms with Gasteiger partial charge in [0.15, 0.2) is 6.61 Å². The lowest BCUT2D eigenvalue weighted by atomic mass is 10.1. The number of ether oxygens (including phenoxy) is 1. The molecule has 1 aromatic rings. The average molecular weight is 292 g/mol. The van der Waals surface area contributed by atoms with Gasteiger partial charge < -0.3 is 15.4 Å². The summed E-state index contributed by atoms with van der Waals surface area (Å²) in [5.41, 5.74) is 3.39. The van der Waals surface area contributed by atoms with Crippen molar-refractivity contribution >= 4 is 5.91 Å². The highest BCUT2D eigenvalue weighted by atomic mass is 16.5. The van der Waals surface area contributed by atoms with Crippen molar-refractivity contribution in [2.45, 2.75) is 53.6 Å². The molecule has 0 saturated heterocycles.